The molecule has 7 heteroatoms. The number of aliphatic hydroxyl groups is 1. The standard InChI is InChI=1S/C13H18FNO4S/c14-11-1-3-12(4-2-11)20(17,18)15-9-13(10-16)5-7-19-8-6-13/h1-4,15-16H,5-10H2. The Balaban J connectivity index is 2.06. The number of ether oxygens (including phenoxy) is 1. The van der Waals surface area contributed by atoms with Gasteiger partial charge in [-0.2, -0.15) is 0 Å². The van der Waals surface area contributed by atoms with Crippen molar-refractivity contribution in [2.24, 2.45) is 5.41 Å². The molecular formula is C13H18FNO4S. The molecule has 1 aliphatic heterocycles. The first kappa shape index (κ1) is 15.4. The first-order chi connectivity index (χ1) is 9.47. The molecule has 1 fully saturated rings. The van der Waals surface area contributed by atoms with Gasteiger partial charge in [0.25, 0.3) is 0 Å². The highest BCUT2D eigenvalue weighted by Crippen LogP contribution is 2.29. The molecule has 0 spiro atoms. The molecule has 112 valence electrons. The van der Waals surface area contributed by atoms with E-state index in [0.29, 0.717) is 26.1 Å². The zero-order valence-electron chi connectivity index (χ0n) is 11.0. The Bertz CT molecular complexity index is 538. The molecule has 0 aromatic heterocycles. The van der Waals surface area contributed by atoms with Gasteiger partial charge in [-0.05, 0) is 37.1 Å². The van der Waals surface area contributed by atoms with Crippen LogP contribution >= 0.6 is 0 Å². The van der Waals surface area contributed by atoms with E-state index in [1.165, 1.54) is 12.1 Å². The highest BCUT2D eigenvalue weighted by Gasteiger charge is 2.33. The third-order valence-corrected chi connectivity index (χ3v) is 5.07. The van der Waals surface area contributed by atoms with E-state index in [9.17, 15) is 17.9 Å². The summed E-state index contributed by atoms with van der Waals surface area (Å²) in [6.07, 6.45) is 1.21. The lowest BCUT2D eigenvalue weighted by Gasteiger charge is -2.35. The van der Waals surface area contributed by atoms with Crippen LogP contribution < -0.4 is 4.72 Å². The summed E-state index contributed by atoms with van der Waals surface area (Å²) < 4.78 is 44.7. The predicted octanol–water partition coefficient (Wildman–Crippen LogP) is 0.893. The van der Waals surface area contributed by atoms with E-state index < -0.39 is 21.3 Å². The molecule has 1 saturated heterocycles. The molecule has 0 unspecified atom stereocenters. The third-order valence-electron chi connectivity index (χ3n) is 3.65. The van der Waals surface area contributed by atoms with Gasteiger partial charge in [0.1, 0.15) is 5.82 Å². The molecule has 0 bridgehead atoms. The highest BCUT2D eigenvalue weighted by atomic mass is 32.2. The van der Waals surface area contributed by atoms with Gasteiger partial charge in [0.05, 0.1) is 11.5 Å². The fraction of sp³-hybridized carbons (Fsp3) is 0.538. The fourth-order valence-electron chi connectivity index (χ4n) is 2.14. The Morgan fingerprint density at radius 2 is 1.85 bits per heavy atom. The van der Waals surface area contributed by atoms with Gasteiger partial charge in [0, 0.05) is 25.2 Å². The maximum atomic E-state index is 12.8. The predicted molar refractivity (Wildman–Crippen MR) is 71.2 cm³/mol. The topological polar surface area (TPSA) is 75.6 Å². The smallest absolute Gasteiger partial charge is 0.240 e. The van der Waals surface area contributed by atoms with Crippen molar-refractivity contribution in [3.63, 3.8) is 0 Å². The lowest BCUT2D eigenvalue weighted by molar-refractivity contribution is -0.0126. The molecule has 0 radical (unpaired) electrons. The van der Waals surface area contributed by atoms with Crippen LogP contribution in [0.25, 0.3) is 0 Å². The van der Waals surface area contributed by atoms with E-state index in [2.05, 4.69) is 4.72 Å². The number of aliphatic hydroxyl groups excluding tert-OH is 1. The van der Waals surface area contributed by atoms with Crippen molar-refractivity contribution < 1.29 is 22.7 Å². The minimum atomic E-state index is -3.69. The molecule has 20 heavy (non-hydrogen) atoms. The molecule has 2 rings (SSSR count). The normalized spacial score (nSPS) is 18.9. The molecule has 0 saturated carbocycles. The number of hydrogen-bond donors (Lipinski definition) is 2. The molecule has 1 aromatic rings. The number of rotatable bonds is 5. The minimum Gasteiger partial charge on any atom is -0.396 e. The van der Waals surface area contributed by atoms with Crippen LogP contribution in [0.4, 0.5) is 4.39 Å². The molecule has 2 N–H and O–H groups in total. The Morgan fingerprint density at radius 1 is 1.25 bits per heavy atom. The monoisotopic (exact) mass is 303 g/mol. The molecule has 1 aliphatic rings. The van der Waals surface area contributed by atoms with E-state index in [4.69, 9.17) is 4.74 Å². The van der Waals surface area contributed by atoms with Crippen LogP contribution in [0.5, 0.6) is 0 Å². The number of halogens is 1. The van der Waals surface area contributed by atoms with Gasteiger partial charge in [-0.3, -0.25) is 0 Å². The van der Waals surface area contributed by atoms with Crippen LogP contribution in [0.3, 0.4) is 0 Å². The van der Waals surface area contributed by atoms with Crippen molar-refractivity contribution in [1.29, 1.82) is 0 Å². The molecule has 1 aromatic carbocycles. The first-order valence-electron chi connectivity index (χ1n) is 6.41. The van der Waals surface area contributed by atoms with Crippen LogP contribution in [0.2, 0.25) is 0 Å². The summed E-state index contributed by atoms with van der Waals surface area (Å²) in [4.78, 5) is 0.0130. The van der Waals surface area contributed by atoms with Crippen LogP contribution in [0.1, 0.15) is 12.8 Å². The SMILES string of the molecule is O=S(=O)(NCC1(CO)CCOCC1)c1ccc(F)cc1. The van der Waals surface area contributed by atoms with Gasteiger partial charge < -0.3 is 9.84 Å². The Kier molecular flexibility index (Phi) is 4.74. The average Bonchev–Trinajstić information content (AvgIpc) is 2.47. The zero-order valence-corrected chi connectivity index (χ0v) is 11.8. The second-order valence-electron chi connectivity index (χ2n) is 5.05. The molecule has 0 aliphatic carbocycles. The van der Waals surface area contributed by atoms with Crippen LogP contribution in [-0.4, -0.2) is 39.9 Å². The Morgan fingerprint density at radius 3 is 2.40 bits per heavy atom. The summed E-state index contributed by atoms with van der Waals surface area (Å²) in [6.45, 7) is 1.08. The Hall–Kier alpha value is -1.02. The van der Waals surface area contributed by atoms with Crippen molar-refractivity contribution >= 4 is 10.0 Å². The third kappa shape index (κ3) is 3.54. The number of sulfonamides is 1. The van der Waals surface area contributed by atoms with Gasteiger partial charge >= 0.3 is 0 Å². The second-order valence-corrected chi connectivity index (χ2v) is 6.82. The number of benzene rings is 1. The molecular weight excluding hydrogens is 285 g/mol. The van der Waals surface area contributed by atoms with Crippen molar-refractivity contribution in [2.75, 3.05) is 26.4 Å². The van der Waals surface area contributed by atoms with Crippen LogP contribution in [-0.2, 0) is 14.8 Å². The average molecular weight is 303 g/mol. The van der Waals surface area contributed by atoms with E-state index in [1.807, 2.05) is 0 Å². The zero-order chi connectivity index (χ0) is 14.6. The number of hydrogen-bond acceptors (Lipinski definition) is 4. The highest BCUT2D eigenvalue weighted by molar-refractivity contribution is 7.89. The van der Waals surface area contributed by atoms with Crippen molar-refractivity contribution in [3.8, 4) is 0 Å². The number of nitrogens with one attached hydrogen (secondary N) is 1. The Labute approximate surface area is 117 Å². The van der Waals surface area contributed by atoms with E-state index in [0.717, 1.165) is 12.1 Å². The molecule has 1 heterocycles. The summed E-state index contributed by atoms with van der Waals surface area (Å²) in [5.41, 5.74) is -0.481. The first-order valence-corrected chi connectivity index (χ1v) is 7.90. The van der Waals surface area contributed by atoms with Gasteiger partial charge in [-0.15, -0.1) is 0 Å². The molecule has 0 atom stereocenters. The van der Waals surface area contributed by atoms with Crippen molar-refractivity contribution in [1.82, 2.24) is 4.72 Å². The van der Waals surface area contributed by atoms with Crippen LogP contribution in [0.15, 0.2) is 29.2 Å². The molecule has 0 amide bonds. The fourth-order valence-corrected chi connectivity index (χ4v) is 3.30. The van der Waals surface area contributed by atoms with Crippen LogP contribution in [0, 0.1) is 11.2 Å². The van der Waals surface area contributed by atoms with Gasteiger partial charge in [0.2, 0.25) is 10.0 Å². The maximum Gasteiger partial charge on any atom is 0.240 e. The quantitative estimate of drug-likeness (QED) is 0.847. The summed E-state index contributed by atoms with van der Waals surface area (Å²) in [5.74, 6) is -0.486. The van der Waals surface area contributed by atoms with Gasteiger partial charge in [0.15, 0.2) is 0 Å². The van der Waals surface area contributed by atoms with Crippen molar-refractivity contribution in [2.45, 2.75) is 17.7 Å². The van der Waals surface area contributed by atoms with Crippen molar-refractivity contribution in [3.05, 3.63) is 30.1 Å². The maximum absolute atomic E-state index is 12.8. The van der Waals surface area contributed by atoms with E-state index in [-0.39, 0.29) is 18.0 Å². The largest absolute Gasteiger partial charge is 0.396 e. The summed E-state index contributed by atoms with van der Waals surface area (Å²) in [6, 6.07) is 4.64. The second kappa shape index (κ2) is 6.17. The lowest BCUT2D eigenvalue weighted by atomic mass is 9.81. The van der Waals surface area contributed by atoms with E-state index in [1.54, 1.807) is 0 Å². The van der Waals surface area contributed by atoms with Gasteiger partial charge in [-0.1, -0.05) is 0 Å². The summed E-state index contributed by atoms with van der Waals surface area (Å²) >= 11 is 0. The minimum absolute atomic E-state index is 0.0130. The molecule has 5 nitrogen and oxygen atoms in total. The summed E-state index contributed by atoms with van der Waals surface area (Å²) in [5, 5.41) is 9.51. The summed E-state index contributed by atoms with van der Waals surface area (Å²) in [7, 11) is -3.69. The lowest BCUT2D eigenvalue weighted by Crippen LogP contribution is -2.43. The van der Waals surface area contributed by atoms with E-state index >= 15 is 0 Å². The van der Waals surface area contributed by atoms with Gasteiger partial charge in [-0.25, -0.2) is 17.5 Å².